The molecular formula is C18H18N4S2. The summed E-state index contributed by atoms with van der Waals surface area (Å²) in [7, 11) is 0. The SMILES string of the molecule is N=C(N)SCc1cccc2cc3cccc(CSC(=N)N)c3cc12. The van der Waals surface area contributed by atoms with Crippen molar-refractivity contribution in [3.05, 3.63) is 59.7 Å². The van der Waals surface area contributed by atoms with E-state index in [-0.39, 0.29) is 10.3 Å². The third-order valence-corrected chi connectivity index (χ3v) is 5.36. The molecule has 0 unspecified atom stereocenters. The highest BCUT2D eigenvalue weighted by atomic mass is 32.2. The van der Waals surface area contributed by atoms with E-state index in [4.69, 9.17) is 22.3 Å². The first-order valence-electron chi connectivity index (χ1n) is 7.41. The molecule has 0 radical (unpaired) electrons. The Morgan fingerprint density at radius 3 is 1.62 bits per heavy atom. The predicted molar refractivity (Wildman–Crippen MR) is 108 cm³/mol. The van der Waals surface area contributed by atoms with Gasteiger partial charge in [-0.15, -0.1) is 0 Å². The first-order chi connectivity index (χ1) is 11.5. The minimum atomic E-state index is 0.131. The van der Waals surface area contributed by atoms with Crippen LogP contribution in [0.2, 0.25) is 0 Å². The van der Waals surface area contributed by atoms with Crippen LogP contribution in [0, 0.1) is 10.8 Å². The number of benzene rings is 3. The second kappa shape index (κ2) is 7.15. The first-order valence-corrected chi connectivity index (χ1v) is 9.38. The van der Waals surface area contributed by atoms with Gasteiger partial charge in [0.2, 0.25) is 0 Å². The third-order valence-electron chi connectivity index (χ3n) is 3.83. The maximum Gasteiger partial charge on any atom is 0.151 e. The first kappa shape index (κ1) is 16.7. The Labute approximate surface area is 149 Å². The predicted octanol–water partition coefficient (Wildman–Crippen LogP) is 4.25. The number of fused-ring (bicyclic) bond motifs is 2. The molecule has 122 valence electrons. The van der Waals surface area contributed by atoms with Crippen LogP contribution in [0.5, 0.6) is 0 Å². The Morgan fingerprint density at radius 1 is 0.750 bits per heavy atom. The molecule has 0 bridgehead atoms. The lowest BCUT2D eigenvalue weighted by Gasteiger charge is -2.11. The summed E-state index contributed by atoms with van der Waals surface area (Å²) in [4.78, 5) is 0. The lowest BCUT2D eigenvalue weighted by molar-refractivity contribution is 1.45. The third kappa shape index (κ3) is 3.66. The summed E-state index contributed by atoms with van der Waals surface area (Å²) >= 11 is 2.67. The van der Waals surface area contributed by atoms with Crippen molar-refractivity contribution in [1.29, 1.82) is 10.8 Å². The maximum absolute atomic E-state index is 7.42. The molecule has 0 aliphatic carbocycles. The maximum atomic E-state index is 7.42. The number of thioether (sulfide) groups is 2. The van der Waals surface area contributed by atoms with Crippen LogP contribution in [0.25, 0.3) is 21.5 Å². The van der Waals surface area contributed by atoms with Gasteiger partial charge in [0.25, 0.3) is 0 Å². The second-order valence-electron chi connectivity index (χ2n) is 5.43. The fourth-order valence-electron chi connectivity index (χ4n) is 2.74. The summed E-state index contributed by atoms with van der Waals surface area (Å²) in [6, 6.07) is 16.8. The molecule has 24 heavy (non-hydrogen) atoms. The van der Waals surface area contributed by atoms with Crippen molar-refractivity contribution in [3.8, 4) is 0 Å². The van der Waals surface area contributed by atoms with Crippen LogP contribution in [-0.4, -0.2) is 10.3 Å². The van der Waals surface area contributed by atoms with Gasteiger partial charge in [0.15, 0.2) is 10.3 Å². The van der Waals surface area contributed by atoms with Crippen molar-refractivity contribution >= 4 is 55.4 Å². The summed E-state index contributed by atoms with van der Waals surface area (Å²) in [6.45, 7) is 0. The Balaban J connectivity index is 2.11. The van der Waals surface area contributed by atoms with E-state index >= 15 is 0 Å². The lowest BCUT2D eigenvalue weighted by atomic mass is 9.98. The van der Waals surface area contributed by atoms with Crippen LogP contribution < -0.4 is 11.5 Å². The highest BCUT2D eigenvalue weighted by molar-refractivity contribution is 8.13. The summed E-state index contributed by atoms with van der Waals surface area (Å²) < 4.78 is 0. The van der Waals surface area contributed by atoms with Gasteiger partial charge in [-0.3, -0.25) is 10.8 Å². The summed E-state index contributed by atoms with van der Waals surface area (Å²) in [6.07, 6.45) is 0. The Morgan fingerprint density at radius 2 is 1.21 bits per heavy atom. The molecule has 0 atom stereocenters. The standard InChI is InChI=1S/C18H18N4S2/c19-17(20)23-9-13-5-1-3-11-7-12-4-2-6-14(10-24-18(21)22)16(12)8-15(11)13/h1-8H,9-10H2,(H3,19,20)(H3,21,22). The highest BCUT2D eigenvalue weighted by Gasteiger charge is 2.07. The minimum absolute atomic E-state index is 0.131. The zero-order valence-electron chi connectivity index (χ0n) is 13.0. The normalized spacial score (nSPS) is 11.0. The van der Waals surface area contributed by atoms with E-state index in [1.807, 2.05) is 12.1 Å². The highest BCUT2D eigenvalue weighted by Crippen LogP contribution is 2.30. The van der Waals surface area contributed by atoms with Gasteiger partial charge in [0.1, 0.15) is 0 Å². The van der Waals surface area contributed by atoms with Gasteiger partial charge in [-0.2, -0.15) is 0 Å². The Bertz CT molecular complexity index is 864. The van der Waals surface area contributed by atoms with Crippen molar-refractivity contribution in [1.82, 2.24) is 0 Å². The minimum Gasteiger partial charge on any atom is -0.379 e. The molecule has 0 amide bonds. The van der Waals surface area contributed by atoms with Crippen molar-refractivity contribution in [2.75, 3.05) is 0 Å². The largest absolute Gasteiger partial charge is 0.379 e. The van der Waals surface area contributed by atoms with Crippen molar-refractivity contribution in [2.45, 2.75) is 11.5 Å². The van der Waals surface area contributed by atoms with Crippen molar-refractivity contribution < 1.29 is 0 Å². The van der Waals surface area contributed by atoms with Crippen LogP contribution in [0.1, 0.15) is 11.1 Å². The van der Waals surface area contributed by atoms with Crippen LogP contribution in [-0.2, 0) is 11.5 Å². The fraction of sp³-hybridized carbons (Fsp3) is 0.111. The number of nitrogens with two attached hydrogens (primary N) is 2. The van der Waals surface area contributed by atoms with Gasteiger partial charge in [-0.25, -0.2) is 0 Å². The van der Waals surface area contributed by atoms with E-state index in [1.54, 1.807) is 0 Å². The molecule has 6 N–H and O–H groups in total. The molecule has 0 spiro atoms. The van der Waals surface area contributed by atoms with Crippen molar-refractivity contribution in [3.63, 3.8) is 0 Å². The molecule has 0 saturated heterocycles. The second-order valence-corrected chi connectivity index (χ2v) is 7.47. The summed E-state index contributed by atoms with van der Waals surface area (Å²) in [5.41, 5.74) is 13.3. The van der Waals surface area contributed by atoms with Gasteiger partial charge in [0.05, 0.1) is 0 Å². The molecule has 0 aromatic heterocycles. The number of nitrogens with one attached hydrogen (secondary N) is 2. The Kier molecular flexibility index (Phi) is 4.97. The van der Waals surface area contributed by atoms with Crippen LogP contribution in [0.15, 0.2) is 48.5 Å². The van der Waals surface area contributed by atoms with Gasteiger partial charge in [-0.1, -0.05) is 59.9 Å². The molecule has 6 heteroatoms. The molecule has 3 aromatic rings. The van der Waals surface area contributed by atoms with E-state index in [0.717, 1.165) is 0 Å². The quantitative estimate of drug-likeness (QED) is 0.320. The monoisotopic (exact) mass is 354 g/mol. The van der Waals surface area contributed by atoms with Crippen molar-refractivity contribution in [2.24, 2.45) is 11.5 Å². The summed E-state index contributed by atoms with van der Waals surface area (Å²) in [5.74, 6) is 1.37. The molecular weight excluding hydrogens is 336 g/mol. The van der Waals surface area contributed by atoms with E-state index in [9.17, 15) is 0 Å². The Hall–Kier alpha value is -2.18. The molecule has 0 aliphatic heterocycles. The van der Waals surface area contributed by atoms with Gasteiger partial charge in [-0.05, 0) is 44.8 Å². The van der Waals surface area contributed by atoms with E-state index in [1.165, 1.54) is 56.2 Å². The van der Waals surface area contributed by atoms with Gasteiger partial charge < -0.3 is 11.5 Å². The van der Waals surface area contributed by atoms with Crippen LogP contribution >= 0.6 is 23.5 Å². The summed E-state index contributed by atoms with van der Waals surface area (Å²) in [5, 5.41) is 19.8. The molecule has 0 saturated carbocycles. The lowest BCUT2D eigenvalue weighted by Crippen LogP contribution is -2.04. The number of hydrogen-bond donors (Lipinski definition) is 4. The van der Waals surface area contributed by atoms with Gasteiger partial charge >= 0.3 is 0 Å². The van der Waals surface area contributed by atoms with Crippen LogP contribution in [0.4, 0.5) is 0 Å². The molecule has 0 fully saturated rings. The fourth-order valence-corrected chi connectivity index (χ4v) is 3.87. The van der Waals surface area contributed by atoms with E-state index in [0.29, 0.717) is 11.5 Å². The molecule has 4 nitrogen and oxygen atoms in total. The molecule has 0 aliphatic rings. The number of hydrogen-bond acceptors (Lipinski definition) is 4. The zero-order valence-corrected chi connectivity index (χ0v) is 14.6. The molecule has 3 rings (SSSR count). The average molecular weight is 355 g/mol. The molecule has 3 aromatic carbocycles. The topological polar surface area (TPSA) is 99.7 Å². The number of amidine groups is 2. The zero-order chi connectivity index (χ0) is 17.1. The number of rotatable bonds is 4. The van der Waals surface area contributed by atoms with E-state index < -0.39 is 0 Å². The van der Waals surface area contributed by atoms with Crippen LogP contribution in [0.3, 0.4) is 0 Å². The smallest absolute Gasteiger partial charge is 0.151 e. The van der Waals surface area contributed by atoms with E-state index in [2.05, 4.69) is 36.4 Å². The average Bonchev–Trinajstić information content (AvgIpc) is 2.56. The molecule has 0 heterocycles. The van der Waals surface area contributed by atoms with Gasteiger partial charge in [0, 0.05) is 11.5 Å².